The van der Waals surface area contributed by atoms with Crippen molar-refractivity contribution < 1.29 is 5.11 Å². The number of hydrogen-bond acceptors (Lipinski definition) is 4. The van der Waals surface area contributed by atoms with Crippen LogP contribution in [0.25, 0.3) is 0 Å². The van der Waals surface area contributed by atoms with Gasteiger partial charge in [-0.15, -0.1) is 0 Å². The van der Waals surface area contributed by atoms with Crippen molar-refractivity contribution in [2.75, 3.05) is 6.54 Å². The number of nitrogens with one attached hydrogen (secondary N) is 2. The van der Waals surface area contributed by atoms with Crippen LogP contribution in [-0.2, 0) is 12.1 Å². The summed E-state index contributed by atoms with van der Waals surface area (Å²) >= 11 is 1.59. The molecule has 0 bridgehead atoms. The lowest BCUT2D eigenvalue weighted by Gasteiger charge is -2.22. The van der Waals surface area contributed by atoms with Gasteiger partial charge in [-0.1, -0.05) is 0 Å². The van der Waals surface area contributed by atoms with Gasteiger partial charge in [-0.3, -0.25) is 0 Å². The summed E-state index contributed by atoms with van der Waals surface area (Å²) in [5, 5.41) is 17.3. The van der Waals surface area contributed by atoms with E-state index in [4.69, 9.17) is 0 Å². The van der Waals surface area contributed by atoms with Crippen molar-refractivity contribution in [3.63, 3.8) is 0 Å². The Kier molecular flexibility index (Phi) is 3.38. The highest BCUT2D eigenvalue weighted by atomic mass is 32.1. The summed E-state index contributed by atoms with van der Waals surface area (Å²) in [5.74, 6) is 0.876. The Balaban J connectivity index is 1.85. The number of aromatic amines is 1. The first-order valence-electron chi connectivity index (χ1n) is 5.12. The van der Waals surface area contributed by atoms with Gasteiger partial charge in [0, 0.05) is 18.9 Å². The van der Waals surface area contributed by atoms with E-state index in [1.165, 1.54) is 0 Å². The van der Waals surface area contributed by atoms with Gasteiger partial charge in [-0.25, -0.2) is 4.98 Å². The fraction of sp³-hybridized carbons (Fsp3) is 0.364. The summed E-state index contributed by atoms with van der Waals surface area (Å²) in [6.07, 6.45) is 3.50. The van der Waals surface area contributed by atoms with Crippen LogP contribution in [0.5, 0.6) is 0 Å². The average molecular weight is 237 g/mol. The Morgan fingerprint density at radius 2 is 2.50 bits per heavy atom. The first kappa shape index (κ1) is 11.3. The van der Waals surface area contributed by atoms with Crippen molar-refractivity contribution in [2.45, 2.75) is 19.1 Å². The minimum atomic E-state index is -0.827. The Morgan fingerprint density at radius 1 is 1.62 bits per heavy atom. The van der Waals surface area contributed by atoms with Crippen molar-refractivity contribution in [3.8, 4) is 0 Å². The third-order valence-electron chi connectivity index (χ3n) is 2.46. The zero-order valence-corrected chi connectivity index (χ0v) is 9.92. The van der Waals surface area contributed by atoms with Crippen molar-refractivity contribution in [3.05, 3.63) is 40.6 Å². The molecule has 0 spiro atoms. The van der Waals surface area contributed by atoms with Gasteiger partial charge in [-0.05, 0) is 29.3 Å². The van der Waals surface area contributed by atoms with Gasteiger partial charge >= 0.3 is 0 Å². The first-order valence-corrected chi connectivity index (χ1v) is 6.07. The molecule has 0 radical (unpaired) electrons. The smallest absolute Gasteiger partial charge is 0.120 e. The molecule has 2 heterocycles. The minimum absolute atomic E-state index is 0.504. The van der Waals surface area contributed by atoms with Crippen LogP contribution in [0.15, 0.2) is 29.2 Å². The standard InChI is InChI=1S/C11H15N3OS/c1-11(15,9-2-5-16-7-9)8-12-6-10-13-3-4-14-10/h2-5,7,12,15H,6,8H2,1H3,(H,13,14). The third kappa shape index (κ3) is 2.69. The van der Waals surface area contributed by atoms with Crippen molar-refractivity contribution >= 4 is 11.3 Å². The average Bonchev–Trinajstić information content (AvgIpc) is 2.90. The first-order chi connectivity index (χ1) is 7.68. The summed E-state index contributed by atoms with van der Waals surface area (Å²) in [5.41, 5.74) is 0.122. The maximum absolute atomic E-state index is 10.2. The Labute approximate surface area is 98.4 Å². The van der Waals surface area contributed by atoms with E-state index in [0.29, 0.717) is 13.1 Å². The van der Waals surface area contributed by atoms with Crippen LogP contribution in [0.1, 0.15) is 18.3 Å². The molecule has 1 unspecified atom stereocenters. The number of hydrogen-bond donors (Lipinski definition) is 3. The molecule has 0 aliphatic rings. The van der Waals surface area contributed by atoms with Crippen LogP contribution in [0.2, 0.25) is 0 Å². The molecule has 2 aromatic heterocycles. The molecule has 86 valence electrons. The third-order valence-corrected chi connectivity index (χ3v) is 3.14. The molecule has 0 saturated heterocycles. The molecule has 0 saturated carbocycles. The highest BCUT2D eigenvalue weighted by molar-refractivity contribution is 7.08. The summed E-state index contributed by atoms with van der Waals surface area (Å²) < 4.78 is 0. The minimum Gasteiger partial charge on any atom is -0.384 e. The molecule has 0 aliphatic carbocycles. The molecule has 0 fully saturated rings. The second kappa shape index (κ2) is 4.78. The molecule has 0 amide bonds. The van der Waals surface area contributed by atoms with Crippen LogP contribution in [0.3, 0.4) is 0 Å². The highest BCUT2D eigenvalue weighted by Crippen LogP contribution is 2.21. The van der Waals surface area contributed by atoms with Gasteiger partial charge in [0.1, 0.15) is 5.82 Å². The number of aromatic nitrogens is 2. The van der Waals surface area contributed by atoms with Gasteiger partial charge in [0.05, 0.1) is 12.1 Å². The van der Waals surface area contributed by atoms with Crippen molar-refractivity contribution in [1.82, 2.24) is 15.3 Å². The normalized spacial score (nSPS) is 14.9. The monoisotopic (exact) mass is 237 g/mol. The topological polar surface area (TPSA) is 60.9 Å². The van der Waals surface area contributed by atoms with Crippen LogP contribution in [0.4, 0.5) is 0 Å². The van der Waals surface area contributed by atoms with Crippen LogP contribution < -0.4 is 5.32 Å². The van der Waals surface area contributed by atoms with Gasteiger partial charge in [-0.2, -0.15) is 11.3 Å². The lowest BCUT2D eigenvalue weighted by atomic mass is 9.99. The maximum atomic E-state index is 10.2. The Morgan fingerprint density at radius 3 is 3.12 bits per heavy atom. The van der Waals surface area contributed by atoms with Gasteiger partial charge in [0.25, 0.3) is 0 Å². The predicted octanol–water partition coefficient (Wildman–Crippen LogP) is 1.47. The summed E-state index contributed by atoms with van der Waals surface area (Å²) in [6.45, 7) is 2.95. The van der Waals surface area contributed by atoms with Gasteiger partial charge in [0.2, 0.25) is 0 Å². The molecular weight excluding hydrogens is 222 g/mol. The number of H-pyrrole nitrogens is 1. The van der Waals surface area contributed by atoms with Crippen molar-refractivity contribution in [2.24, 2.45) is 0 Å². The van der Waals surface area contributed by atoms with E-state index < -0.39 is 5.60 Å². The number of thiophene rings is 1. The van der Waals surface area contributed by atoms with E-state index in [-0.39, 0.29) is 0 Å². The quantitative estimate of drug-likeness (QED) is 0.738. The van der Waals surface area contributed by atoms with E-state index in [1.54, 1.807) is 23.7 Å². The molecule has 0 aliphatic heterocycles. The van der Waals surface area contributed by atoms with E-state index in [1.807, 2.05) is 23.8 Å². The molecular formula is C11H15N3OS. The molecule has 5 heteroatoms. The van der Waals surface area contributed by atoms with E-state index in [9.17, 15) is 5.11 Å². The van der Waals surface area contributed by atoms with E-state index >= 15 is 0 Å². The van der Waals surface area contributed by atoms with Crippen LogP contribution in [-0.4, -0.2) is 21.6 Å². The van der Waals surface area contributed by atoms with Gasteiger partial charge < -0.3 is 15.4 Å². The van der Waals surface area contributed by atoms with E-state index in [0.717, 1.165) is 11.4 Å². The summed E-state index contributed by atoms with van der Waals surface area (Å²) in [7, 11) is 0. The fourth-order valence-corrected chi connectivity index (χ4v) is 2.27. The van der Waals surface area contributed by atoms with Crippen molar-refractivity contribution in [1.29, 1.82) is 0 Å². The second-order valence-corrected chi connectivity index (χ2v) is 4.71. The number of aliphatic hydroxyl groups is 1. The molecule has 2 aromatic rings. The molecule has 0 aromatic carbocycles. The molecule has 4 nitrogen and oxygen atoms in total. The lowest BCUT2D eigenvalue weighted by molar-refractivity contribution is 0.0569. The Hall–Kier alpha value is -1.17. The lowest BCUT2D eigenvalue weighted by Crippen LogP contribution is -2.34. The maximum Gasteiger partial charge on any atom is 0.120 e. The number of imidazole rings is 1. The molecule has 1 atom stereocenters. The summed E-state index contributed by atoms with van der Waals surface area (Å²) in [4.78, 5) is 7.11. The van der Waals surface area contributed by atoms with Crippen LogP contribution in [0, 0.1) is 0 Å². The van der Waals surface area contributed by atoms with Gasteiger partial charge in [0.15, 0.2) is 0 Å². The zero-order valence-electron chi connectivity index (χ0n) is 9.10. The predicted molar refractivity (Wildman–Crippen MR) is 64.2 cm³/mol. The second-order valence-electron chi connectivity index (χ2n) is 3.93. The SMILES string of the molecule is CC(O)(CNCc1ncc[nH]1)c1ccsc1. The molecule has 16 heavy (non-hydrogen) atoms. The fourth-order valence-electron chi connectivity index (χ4n) is 1.49. The summed E-state index contributed by atoms with van der Waals surface area (Å²) in [6, 6.07) is 1.94. The number of rotatable bonds is 5. The molecule has 2 rings (SSSR count). The largest absolute Gasteiger partial charge is 0.384 e. The van der Waals surface area contributed by atoms with Crippen LogP contribution >= 0.6 is 11.3 Å². The zero-order chi connectivity index (χ0) is 11.4. The van der Waals surface area contributed by atoms with E-state index in [2.05, 4.69) is 15.3 Å². The molecule has 3 N–H and O–H groups in total. The highest BCUT2D eigenvalue weighted by Gasteiger charge is 2.22. The Bertz CT molecular complexity index is 408. The number of nitrogens with zero attached hydrogens (tertiary/aromatic N) is 1.